The quantitative estimate of drug-likeness (QED) is 0.580. The maximum atomic E-state index is 11.6. The molecule has 5 heteroatoms. The largest absolute Gasteiger partial charge is 0.383 e. The van der Waals surface area contributed by atoms with Crippen molar-refractivity contribution in [3.8, 4) is 0 Å². The van der Waals surface area contributed by atoms with Crippen LogP contribution in [0, 0.1) is 0 Å². The highest BCUT2D eigenvalue weighted by Crippen LogP contribution is 2.07. The van der Waals surface area contributed by atoms with Gasteiger partial charge >= 0.3 is 0 Å². The normalized spacial score (nSPS) is 19.4. The first-order valence-electron chi connectivity index (χ1n) is 6.90. The summed E-state index contributed by atoms with van der Waals surface area (Å²) in [4.78, 5) is 13.8. The van der Waals surface area contributed by atoms with E-state index in [1.54, 1.807) is 7.11 Å². The van der Waals surface area contributed by atoms with Crippen LogP contribution in [0.3, 0.4) is 0 Å². The van der Waals surface area contributed by atoms with Crippen LogP contribution in [0.1, 0.15) is 25.7 Å². The lowest BCUT2D eigenvalue weighted by Gasteiger charge is -2.16. The Morgan fingerprint density at radius 3 is 3.00 bits per heavy atom. The molecule has 0 spiro atoms. The molecule has 0 bridgehead atoms. The number of nitrogens with zero attached hydrogens (tertiary/aromatic N) is 1. The Kier molecular flexibility index (Phi) is 7.96. The van der Waals surface area contributed by atoms with Crippen LogP contribution < -0.4 is 10.6 Å². The van der Waals surface area contributed by atoms with E-state index in [1.807, 2.05) is 0 Å². The third kappa shape index (κ3) is 6.93. The fraction of sp³-hybridized carbons (Fsp3) is 0.923. The molecule has 1 amide bonds. The molecule has 1 fully saturated rings. The number of ether oxygens (including phenoxy) is 1. The Bertz CT molecular complexity index is 230. The Morgan fingerprint density at radius 1 is 1.50 bits per heavy atom. The van der Waals surface area contributed by atoms with Gasteiger partial charge < -0.3 is 20.3 Å². The van der Waals surface area contributed by atoms with Crippen LogP contribution in [-0.4, -0.2) is 63.8 Å². The summed E-state index contributed by atoms with van der Waals surface area (Å²) in [6.45, 7) is 4.52. The molecule has 1 rings (SSSR count). The summed E-state index contributed by atoms with van der Waals surface area (Å²) in [5, 5.41) is 6.32. The van der Waals surface area contributed by atoms with Gasteiger partial charge in [0.2, 0.25) is 5.91 Å². The molecule has 18 heavy (non-hydrogen) atoms. The number of carbonyl (C=O) groups excluding carboxylic acids is 1. The standard InChI is InChI=1S/C13H27N3O2/c1-16(9-10-18-2)8-4-7-15-13(17)11-12-5-3-6-14-12/h12,14H,3-11H2,1-2H3,(H,15,17). The number of nitrogens with one attached hydrogen (secondary N) is 2. The fourth-order valence-corrected chi connectivity index (χ4v) is 2.16. The molecule has 1 saturated heterocycles. The van der Waals surface area contributed by atoms with Crippen molar-refractivity contribution in [2.24, 2.45) is 0 Å². The summed E-state index contributed by atoms with van der Waals surface area (Å²) in [6.07, 6.45) is 3.94. The van der Waals surface area contributed by atoms with Gasteiger partial charge in [-0.25, -0.2) is 0 Å². The molecule has 1 aliphatic rings. The predicted molar refractivity (Wildman–Crippen MR) is 72.6 cm³/mol. The SMILES string of the molecule is COCCN(C)CCCNC(=O)CC1CCCN1. The molecule has 0 aromatic rings. The maximum Gasteiger partial charge on any atom is 0.221 e. The Hall–Kier alpha value is -0.650. The van der Waals surface area contributed by atoms with Gasteiger partial charge in [-0.05, 0) is 39.4 Å². The summed E-state index contributed by atoms with van der Waals surface area (Å²) >= 11 is 0. The Balaban J connectivity index is 1.94. The molecule has 0 radical (unpaired) electrons. The van der Waals surface area contributed by atoms with E-state index in [-0.39, 0.29) is 5.91 Å². The lowest BCUT2D eigenvalue weighted by Crippen LogP contribution is -2.33. The molecule has 0 saturated carbocycles. The molecule has 1 atom stereocenters. The van der Waals surface area contributed by atoms with E-state index in [0.29, 0.717) is 12.5 Å². The van der Waals surface area contributed by atoms with Gasteiger partial charge in [0.1, 0.15) is 0 Å². The molecule has 0 aromatic carbocycles. The Morgan fingerprint density at radius 2 is 2.33 bits per heavy atom. The summed E-state index contributed by atoms with van der Waals surface area (Å²) in [5.74, 6) is 0.175. The second kappa shape index (κ2) is 9.30. The highest BCUT2D eigenvalue weighted by Gasteiger charge is 2.16. The monoisotopic (exact) mass is 257 g/mol. The van der Waals surface area contributed by atoms with Gasteiger partial charge in [0.25, 0.3) is 0 Å². The van der Waals surface area contributed by atoms with Gasteiger partial charge in [-0.3, -0.25) is 4.79 Å². The van der Waals surface area contributed by atoms with Crippen LogP contribution in [-0.2, 0) is 9.53 Å². The average molecular weight is 257 g/mol. The van der Waals surface area contributed by atoms with Crippen LogP contribution in [0.4, 0.5) is 0 Å². The summed E-state index contributed by atoms with van der Waals surface area (Å²) < 4.78 is 5.01. The molecule has 0 aliphatic carbocycles. The minimum Gasteiger partial charge on any atom is -0.383 e. The fourth-order valence-electron chi connectivity index (χ4n) is 2.16. The highest BCUT2D eigenvalue weighted by atomic mass is 16.5. The predicted octanol–water partition coefficient (Wildman–Crippen LogP) is 0.213. The van der Waals surface area contributed by atoms with Crippen LogP contribution in [0.5, 0.6) is 0 Å². The van der Waals surface area contributed by atoms with E-state index in [4.69, 9.17) is 4.74 Å². The van der Waals surface area contributed by atoms with Gasteiger partial charge in [0, 0.05) is 32.7 Å². The van der Waals surface area contributed by atoms with Crippen molar-refractivity contribution in [3.63, 3.8) is 0 Å². The van der Waals surface area contributed by atoms with Crippen LogP contribution in [0.15, 0.2) is 0 Å². The van der Waals surface area contributed by atoms with Crippen LogP contribution in [0.2, 0.25) is 0 Å². The minimum atomic E-state index is 0.175. The van der Waals surface area contributed by atoms with Gasteiger partial charge in [-0.15, -0.1) is 0 Å². The third-order valence-electron chi connectivity index (χ3n) is 3.31. The summed E-state index contributed by atoms with van der Waals surface area (Å²) in [7, 11) is 3.79. The van der Waals surface area contributed by atoms with Crippen molar-refractivity contribution in [1.29, 1.82) is 0 Å². The molecular formula is C13H27N3O2. The number of hydrogen-bond donors (Lipinski definition) is 2. The van der Waals surface area contributed by atoms with E-state index in [2.05, 4.69) is 22.6 Å². The molecule has 1 unspecified atom stereocenters. The molecule has 1 aliphatic heterocycles. The Labute approximate surface area is 110 Å². The lowest BCUT2D eigenvalue weighted by atomic mass is 10.1. The first-order chi connectivity index (χ1) is 8.72. The first kappa shape index (κ1) is 15.4. The van der Waals surface area contributed by atoms with E-state index in [0.717, 1.165) is 45.6 Å². The average Bonchev–Trinajstić information content (AvgIpc) is 2.85. The van der Waals surface area contributed by atoms with E-state index in [1.165, 1.54) is 6.42 Å². The third-order valence-corrected chi connectivity index (χ3v) is 3.31. The smallest absolute Gasteiger partial charge is 0.221 e. The van der Waals surface area contributed by atoms with E-state index in [9.17, 15) is 4.79 Å². The van der Waals surface area contributed by atoms with Crippen molar-refractivity contribution in [2.45, 2.75) is 31.7 Å². The molecule has 106 valence electrons. The van der Waals surface area contributed by atoms with Crippen molar-refractivity contribution in [3.05, 3.63) is 0 Å². The molecule has 1 heterocycles. The zero-order chi connectivity index (χ0) is 13.2. The van der Waals surface area contributed by atoms with Crippen molar-refractivity contribution in [2.75, 3.05) is 46.9 Å². The highest BCUT2D eigenvalue weighted by molar-refractivity contribution is 5.76. The maximum absolute atomic E-state index is 11.6. The number of methoxy groups -OCH3 is 1. The molecule has 2 N–H and O–H groups in total. The van der Waals surface area contributed by atoms with E-state index >= 15 is 0 Å². The topological polar surface area (TPSA) is 53.6 Å². The summed E-state index contributed by atoms with van der Waals surface area (Å²) in [6, 6.07) is 0.398. The number of likely N-dealkylation sites (N-methyl/N-ethyl adjacent to an activating group) is 1. The number of amides is 1. The van der Waals surface area contributed by atoms with Gasteiger partial charge in [-0.1, -0.05) is 0 Å². The lowest BCUT2D eigenvalue weighted by molar-refractivity contribution is -0.121. The first-order valence-corrected chi connectivity index (χ1v) is 6.90. The molecule has 5 nitrogen and oxygen atoms in total. The number of rotatable bonds is 9. The van der Waals surface area contributed by atoms with Crippen LogP contribution >= 0.6 is 0 Å². The van der Waals surface area contributed by atoms with Gasteiger partial charge in [-0.2, -0.15) is 0 Å². The second-order valence-corrected chi connectivity index (χ2v) is 5.00. The van der Waals surface area contributed by atoms with Crippen molar-refractivity contribution < 1.29 is 9.53 Å². The number of carbonyl (C=O) groups is 1. The van der Waals surface area contributed by atoms with Crippen molar-refractivity contribution >= 4 is 5.91 Å². The number of hydrogen-bond acceptors (Lipinski definition) is 4. The summed E-state index contributed by atoms with van der Waals surface area (Å²) in [5.41, 5.74) is 0. The molecule has 0 aromatic heterocycles. The van der Waals surface area contributed by atoms with Gasteiger partial charge in [0.15, 0.2) is 0 Å². The van der Waals surface area contributed by atoms with Crippen LogP contribution in [0.25, 0.3) is 0 Å². The zero-order valence-electron chi connectivity index (χ0n) is 11.7. The minimum absolute atomic E-state index is 0.175. The zero-order valence-corrected chi connectivity index (χ0v) is 11.7. The van der Waals surface area contributed by atoms with Gasteiger partial charge in [0.05, 0.1) is 6.61 Å². The van der Waals surface area contributed by atoms with E-state index < -0.39 is 0 Å². The van der Waals surface area contributed by atoms with Crippen molar-refractivity contribution in [1.82, 2.24) is 15.5 Å². The molecular weight excluding hydrogens is 230 g/mol. The second-order valence-electron chi connectivity index (χ2n) is 5.00.